The Labute approximate surface area is 160 Å². The van der Waals surface area contributed by atoms with Crippen molar-refractivity contribution in [3.8, 4) is 0 Å². The molecule has 0 N–H and O–H groups in total. The molecule has 1 atom stereocenters. The number of nitrogens with zero attached hydrogens (tertiary/aromatic N) is 6. The van der Waals surface area contributed by atoms with Crippen molar-refractivity contribution >= 4 is 34.9 Å². The third-order valence-electron chi connectivity index (χ3n) is 4.59. The summed E-state index contributed by atoms with van der Waals surface area (Å²) in [6.45, 7) is 3.19. The third kappa shape index (κ3) is 3.12. The van der Waals surface area contributed by atoms with Crippen molar-refractivity contribution in [2.24, 2.45) is 0 Å². The van der Waals surface area contributed by atoms with E-state index in [4.69, 9.17) is 23.2 Å². The minimum absolute atomic E-state index is 0.135. The molecule has 0 bridgehead atoms. The lowest BCUT2D eigenvalue weighted by Gasteiger charge is -2.33. The van der Waals surface area contributed by atoms with Crippen LogP contribution in [-0.4, -0.2) is 48.5 Å². The van der Waals surface area contributed by atoms with E-state index in [1.165, 1.54) is 18.6 Å². The number of piperidine rings is 1. The summed E-state index contributed by atoms with van der Waals surface area (Å²) in [5.74, 6) is 0.590. The quantitative estimate of drug-likeness (QED) is 0.628. The van der Waals surface area contributed by atoms with Crippen molar-refractivity contribution in [1.29, 1.82) is 0 Å². The van der Waals surface area contributed by atoms with Crippen LogP contribution in [0.1, 0.15) is 40.5 Å². The van der Waals surface area contributed by atoms with E-state index < -0.39 is 0 Å². The van der Waals surface area contributed by atoms with Crippen molar-refractivity contribution in [3.63, 3.8) is 0 Å². The van der Waals surface area contributed by atoms with Crippen LogP contribution in [0, 0.1) is 6.92 Å². The van der Waals surface area contributed by atoms with Crippen molar-refractivity contribution in [2.75, 3.05) is 13.1 Å². The maximum atomic E-state index is 12.9. The van der Waals surface area contributed by atoms with E-state index in [0.29, 0.717) is 29.5 Å². The topological polar surface area (TPSA) is 76.3 Å². The summed E-state index contributed by atoms with van der Waals surface area (Å²) in [6.07, 6.45) is 4.76. The van der Waals surface area contributed by atoms with Crippen LogP contribution in [0.25, 0.3) is 5.78 Å². The van der Waals surface area contributed by atoms with E-state index in [-0.39, 0.29) is 17.0 Å². The number of rotatable bonds is 2. The SMILES string of the molecule is Cc1cc([C@H]2CCCN(C(=O)c3cc(Cl)ncc3Cl)C2)n2ncnc2n1. The molecular weight excluding hydrogens is 375 g/mol. The lowest BCUT2D eigenvalue weighted by atomic mass is 9.93. The number of likely N-dealkylation sites (tertiary alicyclic amines) is 1. The molecule has 0 radical (unpaired) electrons. The molecule has 1 aliphatic rings. The predicted molar refractivity (Wildman–Crippen MR) is 97.7 cm³/mol. The van der Waals surface area contributed by atoms with Crippen LogP contribution in [0.4, 0.5) is 0 Å². The van der Waals surface area contributed by atoms with Crippen LogP contribution in [0.5, 0.6) is 0 Å². The van der Waals surface area contributed by atoms with E-state index >= 15 is 0 Å². The van der Waals surface area contributed by atoms with Gasteiger partial charge in [-0.2, -0.15) is 10.1 Å². The Balaban J connectivity index is 1.64. The molecule has 9 heteroatoms. The number of aryl methyl sites for hydroxylation is 1. The minimum Gasteiger partial charge on any atom is -0.338 e. The van der Waals surface area contributed by atoms with Gasteiger partial charge in [0.15, 0.2) is 0 Å². The minimum atomic E-state index is -0.135. The van der Waals surface area contributed by atoms with Gasteiger partial charge in [0, 0.05) is 30.9 Å². The molecule has 3 aromatic heterocycles. The van der Waals surface area contributed by atoms with Gasteiger partial charge < -0.3 is 4.90 Å². The van der Waals surface area contributed by atoms with Gasteiger partial charge in [-0.3, -0.25) is 4.79 Å². The average molecular weight is 391 g/mol. The highest BCUT2D eigenvalue weighted by Gasteiger charge is 2.28. The van der Waals surface area contributed by atoms with E-state index in [9.17, 15) is 4.79 Å². The second-order valence-corrected chi connectivity index (χ2v) is 7.17. The van der Waals surface area contributed by atoms with E-state index in [2.05, 4.69) is 20.1 Å². The Morgan fingerprint density at radius 3 is 2.96 bits per heavy atom. The van der Waals surface area contributed by atoms with Gasteiger partial charge >= 0.3 is 0 Å². The van der Waals surface area contributed by atoms with Crippen LogP contribution in [-0.2, 0) is 0 Å². The van der Waals surface area contributed by atoms with Gasteiger partial charge in [0.1, 0.15) is 11.5 Å². The molecule has 0 unspecified atom stereocenters. The molecule has 7 nitrogen and oxygen atoms in total. The summed E-state index contributed by atoms with van der Waals surface area (Å²) in [5, 5.41) is 4.84. The highest BCUT2D eigenvalue weighted by molar-refractivity contribution is 6.35. The Morgan fingerprint density at radius 2 is 2.12 bits per heavy atom. The Hall–Kier alpha value is -2.25. The second kappa shape index (κ2) is 6.81. The first kappa shape index (κ1) is 17.2. The highest BCUT2D eigenvalue weighted by Crippen LogP contribution is 2.29. The van der Waals surface area contributed by atoms with Gasteiger partial charge in [-0.1, -0.05) is 23.2 Å². The zero-order valence-electron chi connectivity index (χ0n) is 14.1. The zero-order valence-corrected chi connectivity index (χ0v) is 15.6. The molecule has 1 saturated heterocycles. The molecule has 4 heterocycles. The summed E-state index contributed by atoms with van der Waals surface area (Å²) < 4.78 is 1.75. The molecule has 3 aromatic rings. The van der Waals surface area contributed by atoms with Crippen molar-refractivity contribution in [2.45, 2.75) is 25.7 Å². The number of carbonyl (C=O) groups is 1. The molecule has 26 heavy (non-hydrogen) atoms. The molecule has 0 aromatic carbocycles. The van der Waals surface area contributed by atoms with Crippen LogP contribution < -0.4 is 0 Å². The smallest absolute Gasteiger partial charge is 0.255 e. The van der Waals surface area contributed by atoms with Crippen molar-refractivity contribution in [1.82, 2.24) is 29.5 Å². The Bertz CT molecular complexity index is 989. The first-order valence-corrected chi connectivity index (χ1v) is 9.06. The molecule has 134 valence electrons. The average Bonchev–Trinajstić information content (AvgIpc) is 3.11. The van der Waals surface area contributed by atoms with Gasteiger partial charge in [0.25, 0.3) is 11.7 Å². The number of pyridine rings is 1. The third-order valence-corrected chi connectivity index (χ3v) is 5.09. The maximum absolute atomic E-state index is 12.9. The normalized spacial score (nSPS) is 17.7. The highest BCUT2D eigenvalue weighted by atomic mass is 35.5. The number of aromatic nitrogens is 5. The first-order chi connectivity index (χ1) is 12.5. The van der Waals surface area contributed by atoms with Gasteiger partial charge in [-0.05, 0) is 31.9 Å². The predicted octanol–water partition coefficient (Wildman–Crippen LogP) is 3.15. The molecular formula is C17H16Cl2N6O. The number of amides is 1. The number of hydrogen-bond acceptors (Lipinski definition) is 5. The van der Waals surface area contributed by atoms with Crippen LogP contribution in [0.15, 0.2) is 24.7 Å². The van der Waals surface area contributed by atoms with Gasteiger partial charge in [-0.15, -0.1) is 0 Å². The van der Waals surface area contributed by atoms with Crippen LogP contribution >= 0.6 is 23.2 Å². The molecule has 4 rings (SSSR count). The van der Waals surface area contributed by atoms with E-state index in [1.54, 1.807) is 4.52 Å². The zero-order chi connectivity index (χ0) is 18.3. The summed E-state index contributed by atoms with van der Waals surface area (Å²) in [4.78, 5) is 27.2. The summed E-state index contributed by atoms with van der Waals surface area (Å²) in [6, 6.07) is 3.53. The fourth-order valence-electron chi connectivity index (χ4n) is 3.40. The van der Waals surface area contributed by atoms with Gasteiger partial charge in [-0.25, -0.2) is 14.5 Å². The maximum Gasteiger partial charge on any atom is 0.255 e. The Kier molecular flexibility index (Phi) is 4.50. The number of carbonyl (C=O) groups excluding carboxylic acids is 1. The molecule has 0 aliphatic carbocycles. The fraction of sp³-hybridized carbons (Fsp3) is 0.353. The van der Waals surface area contributed by atoms with E-state index in [0.717, 1.165) is 24.2 Å². The molecule has 1 fully saturated rings. The van der Waals surface area contributed by atoms with Crippen LogP contribution in [0.3, 0.4) is 0 Å². The van der Waals surface area contributed by atoms with Gasteiger partial charge in [0.05, 0.1) is 16.3 Å². The van der Waals surface area contributed by atoms with Gasteiger partial charge in [0.2, 0.25) is 0 Å². The standard InChI is InChI=1S/C17H16Cl2N6O/c1-10-5-14(25-17(23-10)21-9-22-25)11-3-2-4-24(8-11)16(26)12-6-15(19)20-7-13(12)18/h5-7,9,11H,2-4,8H2,1H3/t11-/m0/s1. The Morgan fingerprint density at radius 1 is 1.27 bits per heavy atom. The molecule has 0 spiro atoms. The molecule has 1 amide bonds. The lowest BCUT2D eigenvalue weighted by molar-refractivity contribution is 0.0705. The number of halogens is 2. The molecule has 0 saturated carbocycles. The van der Waals surface area contributed by atoms with Crippen molar-refractivity contribution in [3.05, 3.63) is 51.8 Å². The fourth-order valence-corrected chi connectivity index (χ4v) is 3.74. The summed E-state index contributed by atoms with van der Waals surface area (Å²) >= 11 is 12.1. The monoisotopic (exact) mass is 390 g/mol. The van der Waals surface area contributed by atoms with E-state index in [1.807, 2.05) is 17.9 Å². The second-order valence-electron chi connectivity index (χ2n) is 6.37. The van der Waals surface area contributed by atoms with Crippen LogP contribution in [0.2, 0.25) is 10.2 Å². The summed E-state index contributed by atoms with van der Waals surface area (Å²) in [7, 11) is 0. The van der Waals surface area contributed by atoms with Crippen molar-refractivity contribution < 1.29 is 4.79 Å². The largest absolute Gasteiger partial charge is 0.338 e. The number of hydrogen-bond donors (Lipinski definition) is 0. The first-order valence-electron chi connectivity index (χ1n) is 8.30. The lowest BCUT2D eigenvalue weighted by Crippen LogP contribution is -2.39. The number of fused-ring (bicyclic) bond motifs is 1. The summed E-state index contributed by atoms with van der Waals surface area (Å²) in [5.41, 5.74) is 2.28. The molecule has 1 aliphatic heterocycles.